The Kier molecular flexibility index (Phi) is 26.1. The average Bonchev–Trinajstić information content (AvgIpc) is 1.61. The number of anilines is 1. The molecule has 5 fully saturated rings. The number of Topliss-reactive ketones (excluding diaryl/α,β-unsaturated/α-hetero) is 4. The number of sulfonamides is 1. The number of carbonyl (C=O) groups excluding carboxylic acids is 5. The fourth-order valence-corrected chi connectivity index (χ4v) is 20.7. The number of ether oxygens (including phenoxy) is 11. The number of nitriles is 1. The highest BCUT2D eigenvalue weighted by molar-refractivity contribution is 7.89. The second-order valence-electron chi connectivity index (χ2n) is 38.0. The van der Waals surface area contributed by atoms with Crippen molar-refractivity contribution in [2.45, 2.75) is 135 Å². The number of amides is 1. The van der Waals surface area contributed by atoms with Crippen molar-refractivity contribution in [2.75, 3.05) is 52.4 Å². The number of ketones is 4. The van der Waals surface area contributed by atoms with Gasteiger partial charge < -0.3 is 57.4 Å². The van der Waals surface area contributed by atoms with E-state index in [9.17, 15) is 32.4 Å². The Morgan fingerprint density at radius 2 is 0.728 bits per heavy atom. The molecule has 11 heterocycles. The summed E-state index contributed by atoms with van der Waals surface area (Å²) >= 11 is 5.97. The molecule has 0 unspecified atom stereocenters. The molecule has 27 nitrogen and oxygen atoms in total. The summed E-state index contributed by atoms with van der Waals surface area (Å²) in [5, 5.41) is 12.5. The molecule has 0 radical (unpaired) electrons. The van der Waals surface area contributed by atoms with Crippen LogP contribution < -0.4 is 62.1 Å². The molecule has 6 aliphatic heterocycles. The number of hydrogen-bond donors (Lipinski definition) is 2. The van der Waals surface area contributed by atoms with Crippen LogP contribution in [0.4, 0.5) is 5.82 Å². The van der Waals surface area contributed by atoms with Crippen LogP contribution in [0.15, 0.2) is 303 Å². The van der Waals surface area contributed by atoms with Crippen molar-refractivity contribution in [2.24, 2.45) is 0 Å². The Hall–Kier alpha value is -16.5. The molecule has 0 atom stereocenters. The topological polar surface area (TPSA) is 346 Å². The van der Waals surface area contributed by atoms with Crippen molar-refractivity contribution in [1.29, 1.82) is 5.26 Å². The highest BCUT2D eigenvalue weighted by Crippen LogP contribution is 2.57. The lowest BCUT2D eigenvalue weighted by Crippen LogP contribution is -2.28. The molecular weight excluding hydrogens is 1900 g/mol. The Balaban J connectivity index is 0.000000108. The lowest BCUT2D eigenvalue weighted by Gasteiger charge is -2.16. The molecule has 0 spiro atoms. The molecule has 26 rings (SSSR count). The van der Waals surface area contributed by atoms with Gasteiger partial charge >= 0.3 is 0 Å². The van der Waals surface area contributed by atoms with Gasteiger partial charge in [0, 0.05) is 108 Å². The first-order chi connectivity index (χ1) is 71.7. The van der Waals surface area contributed by atoms with Gasteiger partial charge in [-0.25, -0.2) is 18.1 Å². The lowest BCUT2D eigenvalue weighted by atomic mass is 9.88. The lowest BCUT2D eigenvalue weighted by molar-refractivity contribution is -0.121. The maximum Gasteiger partial charge on any atom is 0.240 e. The first-order valence-electron chi connectivity index (χ1n) is 49.0. The fraction of sp³-hybridized carbons (Fsp3) is 0.237. The number of fused-ring (bicyclic) bond motifs is 6. The van der Waals surface area contributed by atoms with Crippen molar-refractivity contribution in [3.05, 3.63) is 365 Å². The van der Waals surface area contributed by atoms with Crippen molar-refractivity contribution in [3.63, 3.8) is 0 Å². The standard InChI is InChI=1S/C25H24N2O5S.C25H21NO4.C24H18N2O3.C23H18ClNO3.C21H17N3O3.H2/c1-2-26-33(29,30)20-9-6-17(7-10-20)21-5-3-4-19(27-21)15-24(28)25(12-13-25)18-8-11-22-23(14-18)32-16-31-22;27-24(25(8-9-25)19-3-6-22-23(12-19)30-15-29-22)13-20-4-1-18(14-26-20)16-2-5-21-17(11-16)7-10-28-21;25-13-16-1-3-17(4-2-16)18-5-7-20(26-14-18)12-23(27)24(9-10-24)19-6-8-21-22(11-19)29-15-28-21;24-17-7-4-15(5-8-17)19-3-1-2-18(25-19)13-22(26)23(10-11-23)16-6-9-20-21(12-16)28-14-27-20;25-20(21(8-9-21)15-6-7-17-18(10-15)27-13-26-17)24-19-12-22-11-16(23-19)14-4-2-1-3-5-14;/h3-11,14,26H,2,12-13,15-16H2,1H3;1-6,11-12,14H,7-10,13,15H2;1-8,11,14H,9-10,12,15H2;1-9,12H,10-11,13-14H2;1-7,10-12H,8-9,13H2,(H,23,24,25);1H. The van der Waals surface area contributed by atoms with Gasteiger partial charge in [-0.2, -0.15) is 5.26 Å². The normalized spacial score (nSPS) is 16.2. The molecule has 29 heteroatoms. The van der Waals surface area contributed by atoms with E-state index in [4.69, 9.17) is 74.0 Å². The largest absolute Gasteiger partial charge is 0.493 e. The number of hydrogen-bond acceptors (Lipinski definition) is 25. The third-order valence-corrected chi connectivity index (χ3v) is 30.6. The van der Waals surface area contributed by atoms with Crippen LogP contribution in [0.25, 0.3) is 56.0 Å². The molecule has 1 amide bonds. The minimum atomic E-state index is -3.50. The Bertz CT molecular complexity index is 7800. The summed E-state index contributed by atoms with van der Waals surface area (Å²) in [5.74, 6) is 9.30. The van der Waals surface area contributed by atoms with Gasteiger partial charge in [0.15, 0.2) is 63.3 Å². The van der Waals surface area contributed by atoms with Gasteiger partial charge in [0.1, 0.15) is 28.9 Å². The molecule has 10 aromatic carbocycles. The molecule has 5 aromatic heterocycles. The average molecular weight is 2000 g/mol. The van der Waals surface area contributed by atoms with Crippen LogP contribution in [-0.4, -0.2) is 114 Å². The van der Waals surface area contributed by atoms with Crippen molar-refractivity contribution in [3.8, 4) is 125 Å². The summed E-state index contributed by atoms with van der Waals surface area (Å²) in [6.07, 6.45) is 17.5. The van der Waals surface area contributed by atoms with E-state index in [0.717, 1.165) is 213 Å². The van der Waals surface area contributed by atoms with Crippen LogP contribution in [-0.2, 0) is 93.2 Å². The van der Waals surface area contributed by atoms with Gasteiger partial charge in [-0.15, -0.1) is 0 Å². The molecule has 147 heavy (non-hydrogen) atoms. The highest BCUT2D eigenvalue weighted by atomic mass is 35.5. The predicted octanol–water partition coefficient (Wildman–Crippen LogP) is 20.8. The predicted molar refractivity (Wildman–Crippen MR) is 549 cm³/mol. The fourth-order valence-electron chi connectivity index (χ4n) is 19.6. The van der Waals surface area contributed by atoms with Crippen LogP contribution in [0, 0.1) is 11.3 Å². The van der Waals surface area contributed by atoms with E-state index in [1.54, 1.807) is 61.9 Å². The quantitative estimate of drug-likeness (QED) is 0.0483. The Morgan fingerprint density at radius 1 is 0.354 bits per heavy atom. The SMILES string of the molecule is CCNS(=O)(=O)c1ccc(-c2cccc(CC(=O)C3(c4ccc5c(c4)OCO5)CC3)n2)cc1.N#Cc1ccc(-c2ccc(CC(=O)C3(c4ccc5c(c4)OCO5)CC3)nc2)cc1.O=C(Cc1ccc(-c2ccc3c(c2)CCO3)cn1)C1(c2ccc3c(c2)OCO3)CC1.O=C(Cc1cccc(-c2ccc(Cl)cc2)n1)C1(c2ccc3c(c2)OCO3)CC1.O=C(Nc1cncc(-c2ccccc2)n1)C1(c2ccc3c(c2)OCO3)CC1.[HH]. The zero-order chi connectivity index (χ0) is 100. The number of halogens is 1. The summed E-state index contributed by atoms with van der Waals surface area (Å²) in [6.45, 7) is 3.96. The number of nitrogens with one attached hydrogen (secondary N) is 2. The number of pyridine rings is 4. The van der Waals surface area contributed by atoms with Crippen LogP contribution in [0.2, 0.25) is 5.02 Å². The molecular formula is C118H100ClN9O18S. The smallest absolute Gasteiger partial charge is 0.240 e. The van der Waals surface area contributed by atoms with Crippen LogP contribution in [0.3, 0.4) is 0 Å². The van der Waals surface area contributed by atoms with Gasteiger partial charge in [0.05, 0.1) is 79.7 Å². The van der Waals surface area contributed by atoms with Crippen LogP contribution in [0.1, 0.15) is 134 Å². The Labute approximate surface area is 854 Å². The second-order valence-corrected chi connectivity index (χ2v) is 40.2. The number of nitrogens with zero attached hydrogens (tertiary/aromatic N) is 7. The van der Waals surface area contributed by atoms with Crippen LogP contribution >= 0.6 is 11.6 Å². The number of carbonyl (C=O) groups is 5. The van der Waals surface area contributed by atoms with Gasteiger partial charge in [0.2, 0.25) is 49.9 Å². The third-order valence-electron chi connectivity index (χ3n) is 28.8. The molecule has 15 aromatic rings. The minimum absolute atomic E-state index is 0. The molecule has 5 saturated carbocycles. The van der Waals surface area contributed by atoms with Gasteiger partial charge in [-0.1, -0.05) is 146 Å². The molecule has 11 aliphatic rings. The molecule has 2 N–H and O–H groups in total. The second kappa shape index (κ2) is 40.3. The highest BCUT2D eigenvalue weighted by Gasteiger charge is 2.56. The molecule has 738 valence electrons. The van der Waals surface area contributed by atoms with Crippen molar-refractivity contribution >= 4 is 56.5 Å². The summed E-state index contributed by atoms with van der Waals surface area (Å²) in [4.78, 5) is 93.1. The van der Waals surface area contributed by atoms with Crippen molar-refractivity contribution in [1.82, 2.24) is 34.6 Å². The van der Waals surface area contributed by atoms with Crippen LogP contribution in [0.5, 0.6) is 63.2 Å². The zero-order valence-corrected chi connectivity index (χ0v) is 81.7. The van der Waals surface area contributed by atoms with Gasteiger partial charge in [0.25, 0.3) is 0 Å². The van der Waals surface area contributed by atoms with E-state index in [1.165, 1.54) is 5.56 Å². The van der Waals surface area contributed by atoms with E-state index in [2.05, 4.69) is 53.2 Å². The minimum Gasteiger partial charge on any atom is -0.493 e. The molecule has 0 saturated heterocycles. The first-order valence-corrected chi connectivity index (χ1v) is 50.8. The third kappa shape index (κ3) is 20.2. The van der Waals surface area contributed by atoms with E-state index in [1.807, 2.05) is 231 Å². The number of aromatic nitrogens is 6. The summed E-state index contributed by atoms with van der Waals surface area (Å²) < 4.78 is 86.6. The summed E-state index contributed by atoms with van der Waals surface area (Å²) in [7, 11) is -3.50. The summed E-state index contributed by atoms with van der Waals surface area (Å²) in [5.41, 5.74) is 16.7. The van der Waals surface area contributed by atoms with E-state index < -0.39 is 37.1 Å². The maximum atomic E-state index is 13.3. The van der Waals surface area contributed by atoms with E-state index in [-0.39, 0.29) is 75.7 Å². The number of benzene rings is 10. The van der Waals surface area contributed by atoms with Gasteiger partial charge in [-0.05, 0) is 254 Å². The van der Waals surface area contributed by atoms with E-state index in [0.29, 0.717) is 76.6 Å². The van der Waals surface area contributed by atoms with E-state index >= 15 is 0 Å². The first kappa shape index (κ1) is 95.4. The van der Waals surface area contributed by atoms with Gasteiger partial charge in [-0.3, -0.25) is 48.9 Å². The monoisotopic (exact) mass is 2000 g/mol. The summed E-state index contributed by atoms with van der Waals surface area (Å²) in [6, 6.07) is 87.8. The zero-order valence-electron chi connectivity index (χ0n) is 80.1. The Morgan fingerprint density at radius 3 is 1.14 bits per heavy atom. The molecule has 0 bridgehead atoms. The number of rotatable bonds is 27. The van der Waals surface area contributed by atoms with Crippen molar-refractivity contribution < 1.29 is 85.9 Å². The molecule has 5 aliphatic carbocycles. The maximum absolute atomic E-state index is 13.3.